The highest BCUT2D eigenvalue weighted by molar-refractivity contribution is 6.36. The molecular formula is C12H11BF2N2O2. The van der Waals surface area contributed by atoms with Crippen molar-refractivity contribution in [1.29, 1.82) is 0 Å². The third kappa shape index (κ3) is 3.12. The highest BCUT2D eigenvalue weighted by Gasteiger charge is 2.22. The summed E-state index contributed by atoms with van der Waals surface area (Å²) in [6.07, 6.45) is 4.31. The second-order valence-corrected chi connectivity index (χ2v) is 3.84. The molecule has 2 heterocycles. The van der Waals surface area contributed by atoms with Crippen LogP contribution in [0.5, 0.6) is 0 Å². The number of nitrogens with one attached hydrogen (secondary N) is 1. The lowest BCUT2D eigenvalue weighted by atomic mass is 10.2. The van der Waals surface area contributed by atoms with Crippen molar-refractivity contribution in [2.24, 2.45) is 7.05 Å². The fourth-order valence-electron chi connectivity index (χ4n) is 1.66. The summed E-state index contributed by atoms with van der Waals surface area (Å²) in [5, 5.41) is 0. The lowest BCUT2D eigenvalue weighted by Crippen LogP contribution is -2.08. The van der Waals surface area contributed by atoms with Crippen LogP contribution in [0.3, 0.4) is 0 Å². The van der Waals surface area contributed by atoms with Crippen LogP contribution in [0.2, 0.25) is 0 Å². The zero-order chi connectivity index (χ0) is 13.8. The fraction of sp³-hybridized carbons (Fsp3) is 0.0833. The molecule has 1 N–H and O–H groups in total. The van der Waals surface area contributed by atoms with Crippen molar-refractivity contribution in [3.05, 3.63) is 54.1 Å². The van der Waals surface area contributed by atoms with Crippen LogP contribution in [-0.2, 0) is 11.7 Å². The minimum atomic E-state index is -2.99. The zero-order valence-corrected chi connectivity index (χ0v) is 10.1. The predicted molar refractivity (Wildman–Crippen MR) is 67.6 cm³/mol. The van der Waals surface area contributed by atoms with Crippen LogP contribution in [0, 0.1) is 0 Å². The molecule has 2 rings (SSSR count). The first kappa shape index (κ1) is 13.1. The third-order valence-electron chi connectivity index (χ3n) is 2.54. The third-order valence-corrected chi connectivity index (χ3v) is 2.54. The van der Waals surface area contributed by atoms with E-state index < -0.39 is 13.3 Å². The number of aromatic amines is 1. The number of H-pyrrole nitrogens is 1. The number of halogens is 2. The van der Waals surface area contributed by atoms with Crippen LogP contribution >= 0.6 is 0 Å². The summed E-state index contributed by atoms with van der Waals surface area (Å²) >= 11 is 0. The van der Waals surface area contributed by atoms with Gasteiger partial charge < -0.3 is 14.2 Å². The highest BCUT2D eigenvalue weighted by Crippen LogP contribution is 2.17. The van der Waals surface area contributed by atoms with E-state index >= 15 is 0 Å². The van der Waals surface area contributed by atoms with Gasteiger partial charge in [-0.2, -0.15) is 0 Å². The molecule has 0 saturated heterocycles. The van der Waals surface area contributed by atoms with Crippen LogP contribution < -0.4 is 0 Å². The highest BCUT2D eigenvalue weighted by atomic mass is 19.2. The van der Waals surface area contributed by atoms with E-state index in [1.165, 1.54) is 0 Å². The minimum Gasteiger partial charge on any atom is -0.503 e. The maximum atomic E-state index is 12.4. The van der Waals surface area contributed by atoms with E-state index in [1.54, 1.807) is 48.3 Å². The number of nitrogens with zero attached hydrogens (tertiary/aromatic N) is 1. The first-order valence-corrected chi connectivity index (χ1v) is 5.54. The molecule has 19 heavy (non-hydrogen) atoms. The first-order valence-electron chi connectivity index (χ1n) is 5.54. The Balaban J connectivity index is 2.30. The molecule has 0 radical (unpaired) electrons. The average molecular weight is 264 g/mol. The summed E-state index contributed by atoms with van der Waals surface area (Å²) in [5.74, 6) is -0.594. The molecule has 0 aliphatic heterocycles. The first-order chi connectivity index (χ1) is 9.08. The van der Waals surface area contributed by atoms with Gasteiger partial charge in [-0.05, 0) is 24.3 Å². The molecule has 0 fully saturated rings. The molecule has 4 nitrogen and oxygen atoms in total. The van der Waals surface area contributed by atoms with Gasteiger partial charge in [0, 0.05) is 25.5 Å². The van der Waals surface area contributed by atoms with E-state index in [2.05, 4.69) is 9.64 Å². The Morgan fingerprint density at radius 3 is 2.74 bits per heavy atom. The monoisotopic (exact) mass is 264 g/mol. The topological polar surface area (TPSA) is 47.0 Å². The molecule has 0 saturated carbocycles. The second kappa shape index (κ2) is 5.56. The van der Waals surface area contributed by atoms with Gasteiger partial charge in [0.25, 0.3) is 0 Å². The Morgan fingerprint density at radius 2 is 2.21 bits per heavy atom. The molecule has 0 bridgehead atoms. The summed E-state index contributed by atoms with van der Waals surface area (Å²) in [5.41, 5.74) is 0.713. The Kier molecular flexibility index (Phi) is 3.84. The summed E-state index contributed by atoms with van der Waals surface area (Å²) < 4.78 is 30.7. The number of carbonyl (C=O) groups is 1. The number of hydrogen-bond donors (Lipinski definition) is 1. The lowest BCUT2D eigenvalue weighted by molar-refractivity contribution is 0.103. The predicted octanol–water partition coefficient (Wildman–Crippen LogP) is 2.52. The Bertz CT molecular complexity index is 591. The average Bonchev–Trinajstić information content (AvgIpc) is 2.97. The maximum absolute atomic E-state index is 12.4. The van der Waals surface area contributed by atoms with Gasteiger partial charge >= 0.3 is 7.47 Å². The van der Waals surface area contributed by atoms with Crippen molar-refractivity contribution in [2.75, 3.05) is 0 Å². The number of aromatic nitrogens is 2. The fourth-order valence-corrected chi connectivity index (χ4v) is 1.66. The number of aryl methyl sites for hydroxylation is 1. The molecule has 0 atom stereocenters. The number of hydrogen-bond acceptors (Lipinski definition) is 2. The largest absolute Gasteiger partial charge is 0.796 e. The van der Waals surface area contributed by atoms with Gasteiger partial charge in [0.15, 0.2) is 0 Å². The van der Waals surface area contributed by atoms with Crippen molar-refractivity contribution < 1.29 is 18.1 Å². The van der Waals surface area contributed by atoms with Gasteiger partial charge in [-0.3, -0.25) is 4.79 Å². The van der Waals surface area contributed by atoms with Gasteiger partial charge in [-0.15, -0.1) is 0 Å². The molecule has 0 spiro atoms. The molecule has 0 amide bonds. The van der Waals surface area contributed by atoms with Crippen molar-refractivity contribution in [3.63, 3.8) is 0 Å². The minimum absolute atomic E-state index is 0.189. The summed E-state index contributed by atoms with van der Waals surface area (Å²) in [6, 6.07) is 6.48. The van der Waals surface area contributed by atoms with Gasteiger partial charge in [0.1, 0.15) is 5.76 Å². The number of allylic oxidation sites excluding steroid dienone is 1. The molecule has 0 aromatic carbocycles. The van der Waals surface area contributed by atoms with Crippen molar-refractivity contribution >= 4 is 19.0 Å². The van der Waals surface area contributed by atoms with E-state index in [0.717, 1.165) is 6.08 Å². The normalized spacial score (nSPS) is 11.4. The molecule has 0 unspecified atom stereocenters. The van der Waals surface area contributed by atoms with E-state index in [4.69, 9.17) is 0 Å². The van der Waals surface area contributed by atoms with E-state index in [0.29, 0.717) is 11.4 Å². The van der Waals surface area contributed by atoms with Crippen LogP contribution in [0.15, 0.2) is 42.7 Å². The quantitative estimate of drug-likeness (QED) is 0.390. The van der Waals surface area contributed by atoms with E-state index in [-0.39, 0.29) is 5.76 Å². The Morgan fingerprint density at radius 1 is 1.42 bits per heavy atom. The summed E-state index contributed by atoms with van der Waals surface area (Å²) in [7, 11) is -1.29. The Hall–Kier alpha value is -2.31. The smallest absolute Gasteiger partial charge is 0.503 e. The molecule has 7 heteroatoms. The number of rotatable bonds is 5. The van der Waals surface area contributed by atoms with Crippen LogP contribution in [0.1, 0.15) is 16.2 Å². The van der Waals surface area contributed by atoms with Gasteiger partial charge in [-0.25, -0.2) is 8.63 Å². The van der Waals surface area contributed by atoms with Crippen LogP contribution in [0.4, 0.5) is 8.63 Å². The molecular weight excluding hydrogens is 253 g/mol. The Labute approximate surface area is 108 Å². The van der Waals surface area contributed by atoms with Crippen molar-refractivity contribution in [2.45, 2.75) is 0 Å². The molecule has 98 valence electrons. The standard InChI is InChI=1S/C12H11BF2N2O2/c1-17-7-3-5-10(17)11(18)8-12(19-13(14)15)9-4-2-6-16-9/h2-8,16H,1H3/b12-8-. The maximum Gasteiger partial charge on any atom is 0.796 e. The summed E-state index contributed by atoms with van der Waals surface area (Å²) in [4.78, 5) is 14.7. The van der Waals surface area contributed by atoms with Crippen LogP contribution in [0.25, 0.3) is 5.76 Å². The van der Waals surface area contributed by atoms with Gasteiger partial charge in [0.05, 0.1) is 11.4 Å². The van der Waals surface area contributed by atoms with Gasteiger partial charge in [-0.1, -0.05) is 0 Å². The van der Waals surface area contributed by atoms with Crippen molar-refractivity contribution in [3.8, 4) is 0 Å². The van der Waals surface area contributed by atoms with E-state index in [1.807, 2.05) is 0 Å². The van der Waals surface area contributed by atoms with Crippen molar-refractivity contribution in [1.82, 2.24) is 9.55 Å². The van der Waals surface area contributed by atoms with E-state index in [9.17, 15) is 13.4 Å². The number of carbonyl (C=O) groups excluding carboxylic acids is 1. The molecule has 0 aliphatic rings. The molecule has 0 aliphatic carbocycles. The van der Waals surface area contributed by atoms with Crippen LogP contribution in [-0.4, -0.2) is 22.8 Å². The zero-order valence-electron chi connectivity index (χ0n) is 10.1. The SMILES string of the molecule is Cn1cccc1C(=O)/C=C(\OB(F)F)c1ccc[nH]1. The molecule has 2 aromatic rings. The number of ketones is 1. The second-order valence-electron chi connectivity index (χ2n) is 3.84. The van der Waals surface area contributed by atoms with Gasteiger partial charge in [0.2, 0.25) is 5.78 Å². The lowest BCUT2D eigenvalue weighted by Gasteiger charge is -2.06. The molecule has 2 aromatic heterocycles. The summed E-state index contributed by atoms with van der Waals surface area (Å²) in [6.45, 7) is 0.